The lowest BCUT2D eigenvalue weighted by Crippen LogP contribution is -2.33. The number of nitrogens with zero attached hydrogens (tertiary/aromatic N) is 1. The van der Waals surface area contributed by atoms with Crippen LogP contribution >= 0.6 is 7.14 Å². The molecule has 2 aromatic rings. The number of rotatable bonds is 8. The Labute approximate surface area is 151 Å². The molecule has 0 aliphatic carbocycles. The monoisotopic (exact) mass is 357 g/mol. The lowest BCUT2D eigenvalue weighted by atomic mass is 10.1. The molecule has 3 nitrogen and oxygen atoms in total. The largest absolute Gasteiger partial charge is 0.380 e. The zero-order valence-corrected chi connectivity index (χ0v) is 15.7. The van der Waals surface area contributed by atoms with E-state index in [-0.39, 0.29) is 0 Å². The fourth-order valence-electron chi connectivity index (χ4n) is 3.42. The highest BCUT2D eigenvalue weighted by Crippen LogP contribution is 2.42. The molecule has 1 aliphatic rings. The molecule has 0 saturated carbocycles. The van der Waals surface area contributed by atoms with Gasteiger partial charge in [-0.3, -0.25) is 0 Å². The van der Waals surface area contributed by atoms with Crippen LogP contribution in [0.25, 0.3) is 0 Å². The molecule has 1 saturated heterocycles. The van der Waals surface area contributed by atoms with Gasteiger partial charge in [0.2, 0.25) is 0 Å². The molecule has 134 valence electrons. The SMILES string of the molecule is O=P(CCOCCN1CCCCC1)(c1ccccc1)c1ccccc1. The molecule has 1 heterocycles. The van der Waals surface area contributed by atoms with E-state index in [1.54, 1.807) is 0 Å². The van der Waals surface area contributed by atoms with Crippen molar-refractivity contribution < 1.29 is 9.30 Å². The molecule has 0 N–H and O–H groups in total. The van der Waals surface area contributed by atoms with E-state index >= 15 is 0 Å². The molecule has 2 aromatic carbocycles. The van der Waals surface area contributed by atoms with Gasteiger partial charge in [-0.05, 0) is 25.9 Å². The summed E-state index contributed by atoms with van der Waals surface area (Å²) in [6, 6.07) is 19.7. The molecule has 0 radical (unpaired) electrons. The van der Waals surface area contributed by atoms with Crippen molar-refractivity contribution in [2.75, 3.05) is 39.0 Å². The molecule has 0 bridgehead atoms. The van der Waals surface area contributed by atoms with Gasteiger partial charge in [0.05, 0.1) is 13.2 Å². The first-order valence-electron chi connectivity index (χ1n) is 9.29. The van der Waals surface area contributed by atoms with E-state index < -0.39 is 7.14 Å². The van der Waals surface area contributed by atoms with Crippen LogP contribution in [0.5, 0.6) is 0 Å². The second kappa shape index (κ2) is 9.33. The van der Waals surface area contributed by atoms with E-state index in [0.29, 0.717) is 12.8 Å². The molecule has 4 heteroatoms. The van der Waals surface area contributed by atoms with Gasteiger partial charge in [-0.25, -0.2) is 0 Å². The minimum atomic E-state index is -2.64. The van der Waals surface area contributed by atoms with Gasteiger partial charge in [-0.15, -0.1) is 0 Å². The van der Waals surface area contributed by atoms with Crippen molar-refractivity contribution >= 4 is 17.8 Å². The third kappa shape index (κ3) is 5.04. The molecule has 0 aromatic heterocycles. The van der Waals surface area contributed by atoms with Gasteiger partial charge in [0.15, 0.2) is 0 Å². The highest BCUT2D eigenvalue weighted by molar-refractivity contribution is 7.78. The smallest absolute Gasteiger partial charge is 0.145 e. The van der Waals surface area contributed by atoms with Crippen LogP contribution in [0.1, 0.15) is 19.3 Å². The van der Waals surface area contributed by atoms with Crippen molar-refractivity contribution in [3.63, 3.8) is 0 Å². The topological polar surface area (TPSA) is 29.5 Å². The first kappa shape index (κ1) is 18.4. The van der Waals surface area contributed by atoms with E-state index in [0.717, 1.165) is 23.8 Å². The van der Waals surface area contributed by atoms with Crippen LogP contribution in [0.4, 0.5) is 0 Å². The van der Waals surface area contributed by atoms with Crippen LogP contribution in [0.15, 0.2) is 60.7 Å². The molecule has 0 atom stereocenters. The van der Waals surface area contributed by atoms with Crippen LogP contribution in [-0.4, -0.2) is 43.9 Å². The van der Waals surface area contributed by atoms with Crippen molar-refractivity contribution in [3.05, 3.63) is 60.7 Å². The lowest BCUT2D eigenvalue weighted by Gasteiger charge is -2.26. The van der Waals surface area contributed by atoms with Gasteiger partial charge in [0.25, 0.3) is 0 Å². The Hall–Kier alpha value is -1.41. The third-order valence-electron chi connectivity index (χ3n) is 4.90. The first-order chi connectivity index (χ1) is 12.3. The van der Waals surface area contributed by atoms with E-state index in [9.17, 15) is 4.57 Å². The van der Waals surface area contributed by atoms with E-state index in [4.69, 9.17) is 4.74 Å². The summed E-state index contributed by atoms with van der Waals surface area (Å²) in [5.74, 6) is 0. The highest BCUT2D eigenvalue weighted by Gasteiger charge is 2.26. The van der Waals surface area contributed by atoms with Crippen molar-refractivity contribution in [2.45, 2.75) is 19.3 Å². The second-order valence-electron chi connectivity index (χ2n) is 6.65. The van der Waals surface area contributed by atoms with E-state index in [1.807, 2.05) is 60.7 Å². The van der Waals surface area contributed by atoms with Gasteiger partial charge in [0, 0.05) is 23.3 Å². The third-order valence-corrected chi connectivity index (χ3v) is 7.97. The number of hydrogen-bond acceptors (Lipinski definition) is 3. The van der Waals surface area contributed by atoms with Crippen LogP contribution in [0, 0.1) is 0 Å². The summed E-state index contributed by atoms with van der Waals surface area (Å²) in [4.78, 5) is 2.47. The Morgan fingerprint density at radius 2 is 1.36 bits per heavy atom. The molecular formula is C21H28NO2P. The first-order valence-corrected chi connectivity index (χ1v) is 11.2. The Balaban J connectivity index is 1.58. The zero-order valence-electron chi connectivity index (χ0n) is 14.8. The second-order valence-corrected chi connectivity index (χ2v) is 9.61. The van der Waals surface area contributed by atoms with E-state index in [2.05, 4.69) is 4.90 Å². The predicted octanol–water partition coefficient (Wildman–Crippen LogP) is 3.50. The summed E-state index contributed by atoms with van der Waals surface area (Å²) < 4.78 is 19.7. The maximum atomic E-state index is 13.8. The number of hydrogen-bond donors (Lipinski definition) is 0. The standard InChI is InChI=1S/C21H28NO2P/c23-25(20-10-4-1-5-11-20,21-12-6-2-7-13-21)19-18-24-17-16-22-14-8-3-9-15-22/h1-2,4-7,10-13H,3,8-9,14-19H2. The normalized spacial score (nSPS) is 16.0. The van der Waals surface area contributed by atoms with Gasteiger partial charge >= 0.3 is 0 Å². The molecule has 0 amide bonds. The van der Waals surface area contributed by atoms with Gasteiger partial charge < -0.3 is 14.2 Å². The van der Waals surface area contributed by atoms with Crippen LogP contribution in [-0.2, 0) is 9.30 Å². The summed E-state index contributed by atoms with van der Waals surface area (Å²) in [5, 5.41) is 1.83. The number of ether oxygens (including phenoxy) is 1. The average Bonchev–Trinajstić information content (AvgIpc) is 2.70. The Bertz CT molecular complexity index is 625. The summed E-state index contributed by atoms with van der Waals surface area (Å²) in [6.07, 6.45) is 4.52. The van der Waals surface area contributed by atoms with Gasteiger partial charge in [-0.2, -0.15) is 0 Å². The Morgan fingerprint density at radius 1 is 0.800 bits per heavy atom. The molecule has 1 fully saturated rings. The van der Waals surface area contributed by atoms with Crippen LogP contribution in [0.3, 0.4) is 0 Å². The Morgan fingerprint density at radius 3 is 1.92 bits per heavy atom. The number of likely N-dealkylation sites (tertiary alicyclic amines) is 1. The van der Waals surface area contributed by atoms with Gasteiger partial charge in [-0.1, -0.05) is 67.1 Å². The number of benzene rings is 2. The zero-order chi connectivity index (χ0) is 17.4. The highest BCUT2D eigenvalue weighted by atomic mass is 31.2. The Kier molecular flexibility index (Phi) is 6.86. The fourth-order valence-corrected chi connectivity index (χ4v) is 5.92. The minimum Gasteiger partial charge on any atom is -0.380 e. The lowest BCUT2D eigenvalue weighted by molar-refractivity contribution is 0.106. The van der Waals surface area contributed by atoms with Crippen molar-refractivity contribution in [1.29, 1.82) is 0 Å². The van der Waals surface area contributed by atoms with E-state index in [1.165, 1.54) is 32.4 Å². The molecular weight excluding hydrogens is 329 g/mol. The predicted molar refractivity (Wildman–Crippen MR) is 106 cm³/mol. The van der Waals surface area contributed by atoms with Crippen LogP contribution in [0.2, 0.25) is 0 Å². The average molecular weight is 357 g/mol. The van der Waals surface area contributed by atoms with Gasteiger partial charge in [0.1, 0.15) is 7.14 Å². The van der Waals surface area contributed by atoms with Crippen molar-refractivity contribution in [1.82, 2.24) is 4.90 Å². The molecule has 25 heavy (non-hydrogen) atoms. The van der Waals surface area contributed by atoms with Crippen LogP contribution < -0.4 is 10.6 Å². The molecule has 0 spiro atoms. The maximum Gasteiger partial charge on any atom is 0.145 e. The van der Waals surface area contributed by atoms with Crippen molar-refractivity contribution in [3.8, 4) is 0 Å². The van der Waals surface area contributed by atoms with Crippen molar-refractivity contribution in [2.24, 2.45) is 0 Å². The minimum absolute atomic E-state index is 0.537. The quantitative estimate of drug-likeness (QED) is 0.535. The molecule has 3 rings (SSSR count). The molecule has 0 unspecified atom stereocenters. The summed E-state index contributed by atoms with van der Waals surface area (Å²) in [7, 11) is -2.64. The fraction of sp³-hybridized carbons (Fsp3) is 0.429. The maximum absolute atomic E-state index is 13.8. The summed E-state index contributed by atoms with van der Waals surface area (Å²) in [5.41, 5.74) is 0. The number of piperidine rings is 1. The molecule has 1 aliphatic heterocycles. The summed E-state index contributed by atoms with van der Waals surface area (Å²) in [6.45, 7) is 4.63. The summed E-state index contributed by atoms with van der Waals surface area (Å²) >= 11 is 0.